The smallest absolute Gasteiger partial charge is 0.0739 e. The van der Waals surface area contributed by atoms with Gasteiger partial charge in [-0.15, -0.1) is 0 Å². The van der Waals surface area contributed by atoms with E-state index in [1.807, 2.05) is 18.7 Å². The molecule has 1 aliphatic rings. The van der Waals surface area contributed by atoms with Crippen molar-refractivity contribution < 1.29 is 4.74 Å². The summed E-state index contributed by atoms with van der Waals surface area (Å²) in [5.74, 6) is 0. The van der Waals surface area contributed by atoms with Crippen LogP contribution in [0.15, 0.2) is 4.47 Å². The maximum Gasteiger partial charge on any atom is 0.0739 e. The first-order valence-corrected chi connectivity index (χ1v) is 7.58. The van der Waals surface area contributed by atoms with E-state index in [4.69, 9.17) is 4.74 Å². The number of aromatic nitrogens is 2. The molecular formula is C13H23BrN4O. The summed E-state index contributed by atoms with van der Waals surface area (Å²) in [6.07, 6.45) is 0. The van der Waals surface area contributed by atoms with Crippen LogP contribution in [-0.4, -0.2) is 53.6 Å². The lowest BCUT2D eigenvalue weighted by molar-refractivity contribution is 0.0343. The normalized spacial score (nSPS) is 18.7. The van der Waals surface area contributed by atoms with Crippen LogP contribution in [0.25, 0.3) is 0 Å². The van der Waals surface area contributed by atoms with Gasteiger partial charge in [0.05, 0.1) is 29.1 Å². The third-order valence-corrected chi connectivity index (χ3v) is 4.55. The van der Waals surface area contributed by atoms with E-state index in [0.717, 1.165) is 49.6 Å². The monoisotopic (exact) mass is 330 g/mol. The summed E-state index contributed by atoms with van der Waals surface area (Å²) in [7, 11) is 1.99. The van der Waals surface area contributed by atoms with E-state index >= 15 is 0 Å². The minimum atomic E-state index is 0.459. The van der Waals surface area contributed by atoms with Crippen molar-refractivity contribution in [1.29, 1.82) is 0 Å². The van der Waals surface area contributed by atoms with E-state index in [9.17, 15) is 0 Å². The molecule has 2 rings (SSSR count). The molecule has 0 bridgehead atoms. The second-order valence-electron chi connectivity index (χ2n) is 5.16. The molecule has 1 fully saturated rings. The minimum absolute atomic E-state index is 0.459. The highest BCUT2D eigenvalue weighted by molar-refractivity contribution is 9.10. The van der Waals surface area contributed by atoms with Gasteiger partial charge in [0.1, 0.15) is 0 Å². The molecule has 2 heterocycles. The number of hydrogen-bond donors (Lipinski definition) is 1. The highest BCUT2D eigenvalue weighted by atomic mass is 79.9. The van der Waals surface area contributed by atoms with Crippen molar-refractivity contribution in [3.8, 4) is 0 Å². The fourth-order valence-electron chi connectivity index (χ4n) is 2.38. The average molecular weight is 331 g/mol. The minimum Gasteiger partial charge on any atom is -0.379 e. The van der Waals surface area contributed by atoms with Crippen LogP contribution in [0.2, 0.25) is 0 Å². The van der Waals surface area contributed by atoms with Crippen LogP contribution in [0.5, 0.6) is 0 Å². The molecule has 0 aromatic carbocycles. The van der Waals surface area contributed by atoms with Crippen molar-refractivity contribution in [2.45, 2.75) is 26.4 Å². The van der Waals surface area contributed by atoms with Gasteiger partial charge in [-0.05, 0) is 29.8 Å². The van der Waals surface area contributed by atoms with E-state index in [2.05, 4.69) is 38.2 Å². The summed E-state index contributed by atoms with van der Waals surface area (Å²) in [5, 5.41) is 7.97. The van der Waals surface area contributed by atoms with Gasteiger partial charge in [0.25, 0.3) is 0 Å². The summed E-state index contributed by atoms with van der Waals surface area (Å²) in [6.45, 7) is 9.96. The van der Waals surface area contributed by atoms with Crippen LogP contribution < -0.4 is 5.32 Å². The van der Waals surface area contributed by atoms with Crippen molar-refractivity contribution in [3.63, 3.8) is 0 Å². The van der Waals surface area contributed by atoms with E-state index in [-0.39, 0.29) is 0 Å². The summed E-state index contributed by atoms with van der Waals surface area (Å²) < 4.78 is 8.42. The Hall–Kier alpha value is -0.430. The number of rotatable bonds is 5. The van der Waals surface area contributed by atoms with Crippen molar-refractivity contribution in [2.75, 3.05) is 32.8 Å². The highest BCUT2D eigenvalue weighted by Gasteiger charge is 2.15. The summed E-state index contributed by atoms with van der Waals surface area (Å²) in [4.78, 5) is 2.45. The Morgan fingerprint density at radius 3 is 2.68 bits per heavy atom. The molecule has 1 atom stereocenters. The summed E-state index contributed by atoms with van der Waals surface area (Å²) in [6, 6.07) is 0.459. The van der Waals surface area contributed by atoms with Gasteiger partial charge >= 0.3 is 0 Å². The van der Waals surface area contributed by atoms with Crippen LogP contribution in [0.1, 0.15) is 18.3 Å². The lowest BCUT2D eigenvalue weighted by atomic mass is 10.2. The number of nitrogens with zero attached hydrogens (tertiary/aromatic N) is 3. The molecule has 1 aromatic heterocycles. The van der Waals surface area contributed by atoms with E-state index < -0.39 is 0 Å². The summed E-state index contributed by atoms with van der Waals surface area (Å²) >= 11 is 3.60. The lowest BCUT2D eigenvalue weighted by Gasteiger charge is -2.29. The maximum atomic E-state index is 5.36. The molecule has 0 aliphatic carbocycles. The molecule has 1 aromatic rings. The third-order valence-electron chi connectivity index (χ3n) is 3.52. The van der Waals surface area contributed by atoms with Gasteiger partial charge in [0, 0.05) is 39.3 Å². The van der Waals surface area contributed by atoms with Crippen LogP contribution in [0.4, 0.5) is 0 Å². The molecule has 6 heteroatoms. The Balaban J connectivity index is 1.80. The van der Waals surface area contributed by atoms with Gasteiger partial charge in [-0.25, -0.2) is 0 Å². The van der Waals surface area contributed by atoms with Gasteiger partial charge < -0.3 is 10.1 Å². The standard InChI is InChI=1S/C13H23BrN4O/c1-10(9-18-4-6-19-7-5-18)15-8-12-13(14)11(2)16-17(12)3/h10,15H,4-9H2,1-3H3. The second-order valence-corrected chi connectivity index (χ2v) is 5.96. The van der Waals surface area contributed by atoms with Crippen molar-refractivity contribution >= 4 is 15.9 Å². The fourth-order valence-corrected chi connectivity index (χ4v) is 2.85. The van der Waals surface area contributed by atoms with Crippen LogP contribution >= 0.6 is 15.9 Å². The Labute approximate surface area is 123 Å². The van der Waals surface area contributed by atoms with Gasteiger partial charge in [-0.1, -0.05) is 0 Å². The molecule has 1 aliphatic heterocycles. The molecule has 0 spiro atoms. The van der Waals surface area contributed by atoms with Crippen LogP contribution in [0, 0.1) is 6.92 Å². The zero-order valence-corrected chi connectivity index (χ0v) is 13.5. The molecule has 1 N–H and O–H groups in total. The third kappa shape index (κ3) is 4.02. The predicted octanol–water partition coefficient (Wildman–Crippen LogP) is 1.30. The summed E-state index contributed by atoms with van der Waals surface area (Å²) in [5.41, 5.74) is 2.24. The molecule has 5 nitrogen and oxygen atoms in total. The molecule has 108 valence electrons. The second kappa shape index (κ2) is 6.83. The predicted molar refractivity (Wildman–Crippen MR) is 79.2 cm³/mol. The number of hydrogen-bond acceptors (Lipinski definition) is 4. The van der Waals surface area contributed by atoms with E-state index in [1.54, 1.807) is 0 Å². The van der Waals surface area contributed by atoms with Crippen molar-refractivity contribution in [2.24, 2.45) is 7.05 Å². The molecule has 0 radical (unpaired) electrons. The van der Waals surface area contributed by atoms with Crippen molar-refractivity contribution in [1.82, 2.24) is 20.0 Å². The molecule has 19 heavy (non-hydrogen) atoms. The zero-order chi connectivity index (χ0) is 13.8. The fraction of sp³-hybridized carbons (Fsp3) is 0.769. The molecule has 0 amide bonds. The molecule has 0 saturated carbocycles. The maximum absolute atomic E-state index is 5.36. The number of aryl methyl sites for hydroxylation is 2. The molecule has 1 unspecified atom stereocenters. The van der Waals surface area contributed by atoms with E-state index in [0.29, 0.717) is 6.04 Å². The zero-order valence-electron chi connectivity index (χ0n) is 11.9. The van der Waals surface area contributed by atoms with Gasteiger partial charge in [0.2, 0.25) is 0 Å². The van der Waals surface area contributed by atoms with E-state index in [1.165, 1.54) is 5.69 Å². The largest absolute Gasteiger partial charge is 0.379 e. The first kappa shape index (κ1) is 15.0. The number of halogens is 1. The Morgan fingerprint density at radius 1 is 1.42 bits per heavy atom. The number of nitrogens with one attached hydrogen (secondary N) is 1. The Bertz CT molecular complexity index is 415. The Morgan fingerprint density at radius 2 is 2.11 bits per heavy atom. The molecule has 1 saturated heterocycles. The van der Waals surface area contributed by atoms with Gasteiger partial charge in [0.15, 0.2) is 0 Å². The quantitative estimate of drug-likeness (QED) is 0.883. The van der Waals surface area contributed by atoms with Crippen LogP contribution in [-0.2, 0) is 18.3 Å². The first-order valence-electron chi connectivity index (χ1n) is 6.79. The van der Waals surface area contributed by atoms with Gasteiger partial charge in [-0.2, -0.15) is 5.10 Å². The van der Waals surface area contributed by atoms with Crippen molar-refractivity contribution in [3.05, 3.63) is 15.9 Å². The molecular weight excluding hydrogens is 308 g/mol. The number of morpholine rings is 1. The lowest BCUT2D eigenvalue weighted by Crippen LogP contribution is -2.44. The average Bonchev–Trinajstić information content (AvgIpc) is 2.62. The number of ether oxygens (including phenoxy) is 1. The highest BCUT2D eigenvalue weighted by Crippen LogP contribution is 2.19. The topological polar surface area (TPSA) is 42.3 Å². The SMILES string of the molecule is Cc1nn(C)c(CNC(C)CN2CCOCC2)c1Br. The first-order chi connectivity index (χ1) is 9.08. The Kier molecular flexibility index (Phi) is 5.38. The van der Waals surface area contributed by atoms with Crippen LogP contribution in [0.3, 0.4) is 0 Å². The van der Waals surface area contributed by atoms with Gasteiger partial charge in [-0.3, -0.25) is 9.58 Å².